The van der Waals surface area contributed by atoms with E-state index in [1.807, 2.05) is 25.8 Å². The summed E-state index contributed by atoms with van der Waals surface area (Å²) in [5, 5.41) is 17.8. The second-order valence-electron chi connectivity index (χ2n) is 2.36. The molecule has 2 N–H and O–H groups in total. The third kappa shape index (κ3) is 2.64. The first-order chi connectivity index (χ1) is 4.70. The quantitative estimate of drug-likeness (QED) is 0.493. The molecule has 1 aliphatic rings. The summed E-state index contributed by atoms with van der Waals surface area (Å²) in [6, 6.07) is 0. The molecule has 0 amide bonds. The fraction of sp³-hybridized carbons (Fsp3) is 1.00. The Morgan fingerprint density at radius 2 is 1.40 bits per heavy atom. The van der Waals surface area contributed by atoms with Gasteiger partial charge in [-0.15, -0.1) is 0 Å². The Morgan fingerprint density at radius 3 is 1.50 bits per heavy atom. The van der Waals surface area contributed by atoms with E-state index in [1.165, 1.54) is 0 Å². The van der Waals surface area contributed by atoms with Crippen molar-refractivity contribution in [1.82, 2.24) is 4.90 Å². The average molecular weight is 147 g/mol. The number of hydrogen-bond donors (Lipinski definition) is 2. The van der Waals surface area contributed by atoms with Gasteiger partial charge in [0.05, 0.1) is 12.2 Å². The van der Waals surface area contributed by atoms with E-state index < -0.39 is 12.2 Å². The van der Waals surface area contributed by atoms with Gasteiger partial charge in [-0.1, -0.05) is 13.8 Å². The summed E-state index contributed by atoms with van der Waals surface area (Å²) in [7, 11) is 1.87. The van der Waals surface area contributed by atoms with Crippen LogP contribution in [0.2, 0.25) is 0 Å². The molecule has 0 bridgehead atoms. The summed E-state index contributed by atoms with van der Waals surface area (Å²) in [5.74, 6) is 0. The van der Waals surface area contributed by atoms with E-state index in [4.69, 9.17) is 10.2 Å². The lowest BCUT2D eigenvalue weighted by molar-refractivity contribution is 0.0572. The van der Waals surface area contributed by atoms with Crippen LogP contribution in [0.15, 0.2) is 0 Å². The minimum atomic E-state index is -0.528. The summed E-state index contributed by atoms with van der Waals surface area (Å²) in [4.78, 5) is 1.90. The molecule has 0 unspecified atom stereocenters. The molecule has 0 radical (unpaired) electrons. The molecule has 0 aromatic rings. The van der Waals surface area contributed by atoms with Gasteiger partial charge in [0.25, 0.3) is 0 Å². The highest BCUT2D eigenvalue weighted by Gasteiger charge is 2.26. The lowest BCUT2D eigenvalue weighted by Crippen LogP contribution is -2.22. The van der Waals surface area contributed by atoms with E-state index in [-0.39, 0.29) is 0 Å². The van der Waals surface area contributed by atoms with Gasteiger partial charge in [0.1, 0.15) is 0 Å². The number of aliphatic hydroxyl groups is 2. The topological polar surface area (TPSA) is 43.7 Å². The first-order valence-corrected chi connectivity index (χ1v) is 3.75. The third-order valence-corrected chi connectivity index (χ3v) is 1.44. The average Bonchev–Trinajstić information content (AvgIpc) is 2.16. The fourth-order valence-electron chi connectivity index (χ4n) is 0.957. The number of nitrogens with zero attached hydrogens (tertiary/aromatic N) is 1. The lowest BCUT2D eigenvalue weighted by Gasteiger charge is -2.02. The Kier molecular flexibility index (Phi) is 4.60. The van der Waals surface area contributed by atoms with Crippen LogP contribution < -0.4 is 0 Å². The maximum atomic E-state index is 8.88. The van der Waals surface area contributed by atoms with Gasteiger partial charge in [-0.25, -0.2) is 0 Å². The van der Waals surface area contributed by atoms with Crippen LogP contribution in [0, 0.1) is 0 Å². The van der Waals surface area contributed by atoms with Crippen molar-refractivity contribution in [2.24, 2.45) is 0 Å². The second kappa shape index (κ2) is 4.66. The molecule has 1 fully saturated rings. The number of aliphatic hydroxyl groups excluding tert-OH is 2. The summed E-state index contributed by atoms with van der Waals surface area (Å²) < 4.78 is 0. The number of likely N-dealkylation sites (tertiary alicyclic amines) is 1. The molecule has 1 aliphatic heterocycles. The molecule has 0 spiro atoms. The maximum absolute atomic E-state index is 8.88. The van der Waals surface area contributed by atoms with Gasteiger partial charge in [0.2, 0.25) is 0 Å². The van der Waals surface area contributed by atoms with Crippen molar-refractivity contribution < 1.29 is 10.2 Å². The predicted octanol–water partition coefficient (Wildman–Crippen LogP) is -0.320. The van der Waals surface area contributed by atoms with Crippen LogP contribution in [0.4, 0.5) is 0 Å². The molecule has 62 valence electrons. The zero-order valence-electron chi connectivity index (χ0n) is 6.91. The molecule has 0 aliphatic carbocycles. The molecule has 10 heavy (non-hydrogen) atoms. The molecule has 2 atom stereocenters. The standard InChI is InChI=1S/C5H11NO2.C2H6/c1-6-2-4(7)5(8)3-6;1-2/h4-5,7-8H,2-3H2,1H3;1-2H3/t4-,5-;/m0./s1. The normalized spacial score (nSPS) is 33.3. The number of likely N-dealkylation sites (N-methyl/N-ethyl adjacent to an activating group) is 1. The molecule has 0 saturated carbocycles. The SMILES string of the molecule is CC.CN1C[C@H](O)[C@@H](O)C1. The lowest BCUT2D eigenvalue weighted by atomic mass is 10.3. The van der Waals surface area contributed by atoms with Gasteiger partial charge in [-0.05, 0) is 7.05 Å². The minimum Gasteiger partial charge on any atom is -0.389 e. The van der Waals surface area contributed by atoms with Gasteiger partial charge in [-0.2, -0.15) is 0 Å². The van der Waals surface area contributed by atoms with E-state index in [0.717, 1.165) is 0 Å². The zero-order valence-corrected chi connectivity index (χ0v) is 6.91. The summed E-state index contributed by atoms with van der Waals surface area (Å²) >= 11 is 0. The van der Waals surface area contributed by atoms with Crippen molar-refractivity contribution in [3.63, 3.8) is 0 Å². The van der Waals surface area contributed by atoms with Crippen LogP contribution in [0.3, 0.4) is 0 Å². The molecule has 1 heterocycles. The fourth-order valence-corrected chi connectivity index (χ4v) is 0.957. The van der Waals surface area contributed by atoms with E-state index in [0.29, 0.717) is 13.1 Å². The van der Waals surface area contributed by atoms with Crippen molar-refractivity contribution >= 4 is 0 Å². The van der Waals surface area contributed by atoms with Gasteiger partial charge in [0.15, 0.2) is 0 Å². The van der Waals surface area contributed by atoms with E-state index in [1.54, 1.807) is 0 Å². The van der Waals surface area contributed by atoms with Crippen LogP contribution in [-0.2, 0) is 0 Å². The molecular weight excluding hydrogens is 130 g/mol. The summed E-state index contributed by atoms with van der Waals surface area (Å²) in [5.41, 5.74) is 0. The van der Waals surface area contributed by atoms with E-state index >= 15 is 0 Å². The minimum absolute atomic E-state index is 0.528. The van der Waals surface area contributed by atoms with Gasteiger partial charge in [-0.3, -0.25) is 0 Å². The highest BCUT2D eigenvalue weighted by atomic mass is 16.3. The van der Waals surface area contributed by atoms with Crippen LogP contribution in [0.5, 0.6) is 0 Å². The molecule has 3 nitrogen and oxygen atoms in total. The largest absolute Gasteiger partial charge is 0.389 e. The highest BCUT2D eigenvalue weighted by molar-refractivity contribution is 4.80. The highest BCUT2D eigenvalue weighted by Crippen LogP contribution is 2.05. The van der Waals surface area contributed by atoms with Crippen LogP contribution >= 0.6 is 0 Å². The Labute approximate surface area is 62.3 Å². The van der Waals surface area contributed by atoms with Crippen molar-refractivity contribution in [2.45, 2.75) is 26.1 Å². The van der Waals surface area contributed by atoms with Gasteiger partial charge < -0.3 is 15.1 Å². The Balaban J connectivity index is 0.000000371. The molecule has 0 aromatic carbocycles. The van der Waals surface area contributed by atoms with Crippen LogP contribution in [0.25, 0.3) is 0 Å². The smallest absolute Gasteiger partial charge is 0.0938 e. The Morgan fingerprint density at radius 1 is 1.10 bits per heavy atom. The second-order valence-corrected chi connectivity index (χ2v) is 2.36. The maximum Gasteiger partial charge on any atom is 0.0938 e. The third-order valence-electron chi connectivity index (χ3n) is 1.44. The summed E-state index contributed by atoms with van der Waals surface area (Å²) in [6.45, 7) is 5.20. The van der Waals surface area contributed by atoms with Crippen LogP contribution in [0.1, 0.15) is 13.8 Å². The number of β-amino-alcohol motifs (C(OH)–C–C–N with tert-alkyl or cyclic N) is 2. The van der Waals surface area contributed by atoms with E-state index in [2.05, 4.69) is 0 Å². The predicted molar refractivity (Wildman–Crippen MR) is 40.9 cm³/mol. The zero-order chi connectivity index (χ0) is 8.15. The number of rotatable bonds is 0. The van der Waals surface area contributed by atoms with Crippen molar-refractivity contribution in [3.8, 4) is 0 Å². The van der Waals surface area contributed by atoms with Gasteiger partial charge >= 0.3 is 0 Å². The number of hydrogen-bond acceptors (Lipinski definition) is 3. The molecule has 1 saturated heterocycles. The van der Waals surface area contributed by atoms with Crippen molar-refractivity contribution in [1.29, 1.82) is 0 Å². The molecular formula is C7H17NO2. The molecule has 0 aromatic heterocycles. The van der Waals surface area contributed by atoms with Gasteiger partial charge in [0, 0.05) is 13.1 Å². The Hall–Kier alpha value is -0.120. The molecule has 1 rings (SSSR count). The Bertz CT molecular complexity index is 77.7. The monoisotopic (exact) mass is 147 g/mol. The first kappa shape index (κ1) is 9.88. The van der Waals surface area contributed by atoms with Crippen LogP contribution in [-0.4, -0.2) is 47.5 Å². The van der Waals surface area contributed by atoms with Crippen molar-refractivity contribution in [3.05, 3.63) is 0 Å². The van der Waals surface area contributed by atoms with E-state index in [9.17, 15) is 0 Å². The summed E-state index contributed by atoms with van der Waals surface area (Å²) in [6.07, 6.45) is -1.06. The first-order valence-electron chi connectivity index (χ1n) is 3.75. The molecule has 3 heteroatoms. The van der Waals surface area contributed by atoms with Crippen molar-refractivity contribution in [2.75, 3.05) is 20.1 Å².